The van der Waals surface area contributed by atoms with Crippen molar-refractivity contribution in [3.05, 3.63) is 32.8 Å². The topological polar surface area (TPSA) is 35.5 Å². The monoisotopic (exact) mass is 296 g/mol. The molecular weight excluding hydrogens is 286 g/mol. The second-order valence-corrected chi connectivity index (χ2v) is 4.37. The Morgan fingerprint density at radius 1 is 1.24 bits per heavy atom. The molecule has 1 aromatic carbocycles. The number of rotatable bonds is 4. The van der Waals surface area contributed by atoms with Gasteiger partial charge in [-0.25, -0.2) is 4.79 Å². The lowest BCUT2D eigenvalue weighted by atomic mass is 10.1. The SMILES string of the molecule is CCOC(C(=O)OC)c1cc(Cl)c(Cl)cc1Cl. The lowest BCUT2D eigenvalue weighted by molar-refractivity contribution is -0.154. The van der Waals surface area contributed by atoms with E-state index >= 15 is 0 Å². The van der Waals surface area contributed by atoms with Crippen LogP contribution in [0.15, 0.2) is 12.1 Å². The van der Waals surface area contributed by atoms with E-state index in [1.807, 2.05) is 0 Å². The molecule has 0 saturated carbocycles. The average molecular weight is 298 g/mol. The van der Waals surface area contributed by atoms with E-state index in [-0.39, 0.29) is 0 Å². The third-order valence-electron chi connectivity index (χ3n) is 2.07. The summed E-state index contributed by atoms with van der Waals surface area (Å²) in [6.45, 7) is 2.11. The van der Waals surface area contributed by atoms with E-state index in [0.29, 0.717) is 27.2 Å². The number of hydrogen-bond donors (Lipinski definition) is 0. The van der Waals surface area contributed by atoms with Crippen molar-refractivity contribution in [2.75, 3.05) is 13.7 Å². The van der Waals surface area contributed by atoms with Crippen LogP contribution < -0.4 is 0 Å². The number of ether oxygens (including phenoxy) is 2. The molecule has 0 heterocycles. The van der Waals surface area contributed by atoms with E-state index in [4.69, 9.17) is 39.5 Å². The minimum absolute atomic E-state index is 0.305. The number of benzene rings is 1. The molecule has 0 aromatic heterocycles. The third kappa shape index (κ3) is 3.49. The largest absolute Gasteiger partial charge is 0.467 e. The smallest absolute Gasteiger partial charge is 0.339 e. The maximum absolute atomic E-state index is 11.6. The van der Waals surface area contributed by atoms with Crippen molar-refractivity contribution in [3.8, 4) is 0 Å². The lowest BCUT2D eigenvalue weighted by Gasteiger charge is -2.16. The maximum Gasteiger partial charge on any atom is 0.339 e. The van der Waals surface area contributed by atoms with Crippen LogP contribution in [0.2, 0.25) is 15.1 Å². The number of methoxy groups -OCH3 is 1. The Labute approximate surface area is 115 Å². The van der Waals surface area contributed by atoms with Gasteiger partial charge in [0.2, 0.25) is 0 Å². The van der Waals surface area contributed by atoms with Crippen LogP contribution in [0.3, 0.4) is 0 Å². The number of hydrogen-bond acceptors (Lipinski definition) is 3. The molecule has 6 heteroatoms. The van der Waals surface area contributed by atoms with Crippen LogP contribution in [0, 0.1) is 0 Å². The molecule has 0 amide bonds. The van der Waals surface area contributed by atoms with Gasteiger partial charge in [0.25, 0.3) is 0 Å². The van der Waals surface area contributed by atoms with Crippen LogP contribution in [0.4, 0.5) is 0 Å². The Morgan fingerprint density at radius 3 is 2.35 bits per heavy atom. The zero-order chi connectivity index (χ0) is 13.0. The van der Waals surface area contributed by atoms with Crippen LogP contribution in [-0.2, 0) is 14.3 Å². The van der Waals surface area contributed by atoms with Crippen molar-refractivity contribution in [1.82, 2.24) is 0 Å². The third-order valence-corrected chi connectivity index (χ3v) is 3.12. The predicted molar refractivity (Wildman–Crippen MR) is 67.9 cm³/mol. The minimum Gasteiger partial charge on any atom is -0.467 e. The molecule has 0 spiro atoms. The summed E-state index contributed by atoms with van der Waals surface area (Å²) in [5.41, 5.74) is 0.440. The molecule has 0 N–H and O–H groups in total. The maximum atomic E-state index is 11.6. The molecule has 0 fully saturated rings. The Morgan fingerprint density at radius 2 is 1.82 bits per heavy atom. The molecule has 1 rings (SSSR count). The van der Waals surface area contributed by atoms with E-state index in [0.717, 1.165) is 0 Å². The van der Waals surface area contributed by atoms with Crippen LogP contribution in [0.1, 0.15) is 18.6 Å². The summed E-state index contributed by atoms with van der Waals surface area (Å²) < 4.78 is 9.94. The van der Waals surface area contributed by atoms with Gasteiger partial charge in [0.1, 0.15) is 0 Å². The molecule has 1 unspecified atom stereocenters. The van der Waals surface area contributed by atoms with Crippen molar-refractivity contribution in [2.24, 2.45) is 0 Å². The highest BCUT2D eigenvalue weighted by Gasteiger charge is 2.25. The van der Waals surface area contributed by atoms with Gasteiger partial charge >= 0.3 is 5.97 Å². The molecule has 1 atom stereocenters. The number of carbonyl (C=O) groups excluding carboxylic acids is 1. The first-order chi connectivity index (χ1) is 8.01. The molecule has 0 radical (unpaired) electrons. The van der Waals surface area contributed by atoms with Crippen LogP contribution >= 0.6 is 34.8 Å². The van der Waals surface area contributed by atoms with Gasteiger partial charge in [-0.15, -0.1) is 0 Å². The van der Waals surface area contributed by atoms with Crippen LogP contribution in [0.5, 0.6) is 0 Å². The fourth-order valence-electron chi connectivity index (χ4n) is 1.30. The molecule has 0 aliphatic heterocycles. The van der Waals surface area contributed by atoms with Crippen LogP contribution in [-0.4, -0.2) is 19.7 Å². The van der Waals surface area contributed by atoms with E-state index < -0.39 is 12.1 Å². The molecule has 0 bridgehead atoms. The van der Waals surface area contributed by atoms with Gasteiger partial charge in [-0.1, -0.05) is 34.8 Å². The molecule has 0 saturated heterocycles. The van der Waals surface area contributed by atoms with Gasteiger partial charge in [-0.3, -0.25) is 0 Å². The predicted octanol–water partition coefficient (Wildman–Crippen LogP) is 3.90. The van der Waals surface area contributed by atoms with Crippen molar-refractivity contribution in [3.63, 3.8) is 0 Å². The normalized spacial score (nSPS) is 12.3. The molecule has 0 aliphatic carbocycles. The minimum atomic E-state index is -0.896. The summed E-state index contributed by atoms with van der Waals surface area (Å²) in [6.07, 6.45) is -0.896. The van der Waals surface area contributed by atoms with Gasteiger partial charge in [-0.05, 0) is 19.1 Å². The highest BCUT2D eigenvalue weighted by molar-refractivity contribution is 6.43. The molecule has 17 heavy (non-hydrogen) atoms. The van der Waals surface area contributed by atoms with Gasteiger partial charge < -0.3 is 9.47 Å². The van der Waals surface area contributed by atoms with Crippen molar-refractivity contribution in [1.29, 1.82) is 0 Å². The first-order valence-corrected chi connectivity index (χ1v) is 5.98. The summed E-state index contributed by atoms with van der Waals surface area (Å²) in [7, 11) is 1.28. The first kappa shape index (κ1) is 14.6. The van der Waals surface area contributed by atoms with Crippen molar-refractivity contribution < 1.29 is 14.3 Å². The number of esters is 1. The van der Waals surface area contributed by atoms with Crippen molar-refractivity contribution in [2.45, 2.75) is 13.0 Å². The van der Waals surface area contributed by atoms with Gasteiger partial charge in [0.05, 0.1) is 17.2 Å². The highest BCUT2D eigenvalue weighted by atomic mass is 35.5. The van der Waals surface area contributed by atoms with E-state index in [9.17, 15) is 4.79 Å². The summed E-state index contributed by atoms with van der Waals surface area (Å²) >= 11 is 17.7. The summed E-state index contributed by atoms with van der Waals surface area (Å²) in [6, 6.07) is 2.97. The Kier molecular flexibility index (Phi) is 5.53. The second kappa shape index (κ2) is 6.45. The van der Waals surface area contributed by atoms with E-state index in [1.165, 1.54) is 19.2 Å². The van der Waals surface area contributed by atoms with Gasteiger partial charge in [-0.2, -0.15) is 0 Å². The second-order valence-electron chi connectivity index (χ2n) is 3.15. The molecule has 94 valence electrons. The standard InChI is InChI=1S/C11H11Cl3O3/c1-3-17-10(11(15)16-2)6-4-8(13)9(14)5-7(6)12/h4-5,10H,3H2,1-2H3. The summed E-state index contributed by atoms with van der Waals surface area (Å²) in [5, 5.41) is 0.934. The van der Waals surface area contributed by atoms with Crippen molar-refractivity contribution >= 4 is 40.8 Å². The highest BCUT2D eigenvalue weighted by Crippen LogP contribution is 2.34. The number of halogens is 3. The molecule has 3 nitrogen and oxygen atoms in total. The van der Waals surface area contributed by atoms with E-state index in [2.05, 4.69) is 4.74 Å². The summed E-state index contributed by atoms with van der Waals surface area (Å²) in [5.74, 6) is -0.535. The Balaban J connectivity index is 3.18. The quantitative estimate of drug-likeness (QED) is 0.624. The Hall–Kier alpha value is -0.480. The van der Waals surface area contributed by atoms with Gasteiger partial charge in [0.15, 0.2) is 6.10 Å². The fourth-order valence-corrected chi connectivity index (χ4v) is 1.95. The summed E-state index contributed by atoms with van der Waals surface area (Å²) in [4.78, 5) is 11.6. The first-order valence-electron chi connectivity index (χ1n) is 4.85. The van der Waals surface area contributed by atoms with Gasteiger partial charge in [0, 0.05) is 17.2 Å². The number of carbonyl (C=O) groups is 1. The molecular formula is C11H11Cl3O3. The Bertz CT molecular complexity index is 421. The lowest BCUT2D eigenvalue weighted by Crippen LogP contribution is -2.18. The zero-order valence-electron chi connectivity index (χ0n) is 9.30. The molecule has 0 aliphatic rings. The van der Waals surface area contributed by atoms with E-state index in [1.54, 1.807) is 6.92 Å². The molecule has 1 aromatic rings. The fraction of sp³-hybridized carbons (Fsp3) is 0.364. The van der Waals surface area contributed by atoms with Crippen LogP contribution in [0.25, 0.3) is 0 Å². The zero-order valence-corrected chi connectivity index (χ0v) is 11.6. The average Bonchev–Trinajstić information content (AvgIpc) is 2.30.